The number of carbonyl (C=O) groups excluding carboxylic acids is 1. The van der Waals surface area contributed by atoms with Gasteiger partial charge in [-0.25, -0.2) is 0 Å². The lowest BCUT2D eigenvalue weighted by molar-refractivity contribution is -0.113. The van der Waals surface area contributed by atoms with Crippen molar-refractivity contribution in [1.29, 1.82) is 0 Å². The summed E-state index contributed by atoms with van der Waals surface area (Å²) in [5.41, 5.74) is 3.25. The van der Waals surface area contributed by atoms with Gasteiger partial charge in [0, 0.05) is 11.4 Å². The molecule has 0 bridgehead atoms. The highest BCUT2D eigenvalue weighted by Gasteiger charge is 2.06. The summed E-state index contributed by atoms with van der Waals surface area (Å²) in [4.78, 5) is 12.1. The molecule has 1 N–H and O–H groups in total. The minimum absolute atomic E-state index is 0.0459. The van der Waals surface area contributed by atoms with E-state index in [1.807, 2.05) is 31.2 Å². The molecule has 2 nitrogen and oxygen atoms in total. The van der Waals surface area contributed by atoms with Gasteiger partial charge in [-0.2, -0.15) is 0 Å². The van der Waals surface area contributed by atoms with Gasteiger partial charge in [0.05, 0.1) is 5.75 Å². The van der Waals surface area contributed by atoms with Crippen LogP contribution >= 0.6 is 11.8 Å². The maximum Gasteiger partial charge on any atom is 0.234 e. The van der Waals surface area contributed by atoms with Crippen molar-refractivity contribution >= 4 is 34.1 Å². The molecule has 0 aliphatic rings. The molecule has 0 aliphatic heterocycles. The molecule has 1 amide bonds. The Labute approximate surface area is 140 Å². The Morgan fingerprint density at radius 3 is 2.57 bits per heavy atom. The molecule has 23 heavy (non-hydrogen) atoms. The average Bonchev–Trinajstić information content (AvgIpc) is 2.57. The number of hydrogen-bond donors (Lipinski definition) is 1. The van der Waals surface area contributed by atoms with Gasteiger partial charge in [0.25, 0.3) is 0 Å². The van der Waals surface area contributed by atoms with E-state index in [-0.39, 0.29) is 5.91 Å². The molecule has 3 aromatic carbocycles. The highest BCUT2D eigenvalue weighted by Crippen LogP contribution is 2.23. The number of carbonyl (C=O) groups is 1. The molecule has 0 aliphatic carbocycles. The average molecular weight is 321 g/mol. The lowest BCUT2D eigenvalue weighted by Gasteiger charge is -2.09. The third-order valence-corrected chi connectivity index (χ3v) is 4.77. The van der Waals surface area contributed by atoms with E-state index < -0.39 is 0 Å². The van der Waals surface area contributed by atoms with Crippen LogP contribution in [0.5, 0.6) is 0 Å². The monoisotopic (exact) mass is 321 g/mol. The van der Waals surface area contributed by atoms with Crippen LogP contribution in [0, 0.1) is 6.92 Å². The van der Waals surface area contributed by atoms with Gasteiger partial charge in [-0.1, -0.05) is 60.7 Å². The maximum absolute atomic E-state index is 12.1. The summed E-state index contributed by atoms with van der Waals surface area (Å²) < 4.78 is 0. The number of thioether (sulfide) groups is 1. The summed E-state index contributed by atoms with van der Waals surface area (Å²) in [7, 11) is 0. The number of fused-ring (bicyclic) bond motifs is 1. The van der Waals surface area contributed by atoms with Gasteiger partial charge in [-0.05, 0) is 34.9 Å². The van der Waals surface area contributed by atoms with Crippen molar-refractivity contribution in [3.05, 3.63) is 77.9 Å². The molecule has 0 radical (unpaired) electrons. The van der Waals surface area contributed by atoms with Crippen molar-refractivity contribution in [2.45, 2.75) is 12.7 Å². The normalized spacial score (nSPS) is 10.7. The van der Waals surface area contributed by atoms with Crippen molar-refractivity contribution < 1.29 is 4.79 Å². The van der Waals surface area contributed by atoms with E-state index in [9.17, 15) is 4.79 Å². The molecule has 0 unspecified atom stereocenters. The number of rotatable bonds is 5. The summed E-state index contributed by atoms with van der Waals surface area (Å²) in [6.07, 6.45) is 0. The minimum Gasteiger partial charge on any atom is -0.325 e. The van der Waals surface area contributed by atoms with E-state index in [1.165, 1.54) is 16.3 Å². The molecule has 0 spiro atoms. The second-order valence-electron chi connectivity index (χ2n) is 5.49. The van der Waals surface area contributed by atoms with E-state index in [4.69, 9.17) is 0 Å². The van der Waals surface area contributed by atoms with Crippen LogP contribution in [0.1, 0.15) is 11.1 Å². The van der Waals surface area contributed by atoms with Gasteiger partial charge < -0.3 is 5.32 Å². The van der Waals surface area contributed by atoms with Crippen LogP contribution in [0.25, 0.3) is 10.8 Å². The SMILES string of the molecule is Cc1ccccc1NC(=O)CSCc1cccc2ccccc12. The van der Waals surface area contributed by atoms with Crippen LogP contribution in [-0.2, 0) is 10.5 Å². The molecule has 0 saturated heterocycles. The summed E-state index contributed by atoms with van der Waals surface area (Å²) in [6, 6.07) is 22.5. The van der Waals surface area contributed by atoms with Crippen molar-refractivity contribution in [1.82, 2.24) is 0 Å². The smallest absolute Gasteiger partial charge is 0.234 e. The molecule has 3 aromatic rings. The third kappa shape index (κ3) is 3.93. The molecule has 0 heterocycles. The third-order valence-electron chi connectivity index (χ3n) is 3.79. The topological polar surface area (TPSA) is 29.1 Å². The largest absolute Gasteiger partial charge is 0.325 e. The van der Waals surface area contributed by atoms with Crippen LogP contribution in [-0.4, -0.2) is 11.7 Å². The van der Waals surface area contributed by atoms with Crippen molar-refractivity contribution in [2.24, 2.45) is 0 Å². The van der Waals surface area contributed by atoms with Crippen LogP contribution in [0.15, 0.2) is 66.7 Å². The number of anilines is 1. The number of benzene rings is 3. The Balaban J connectivity index is 1.58. The number of aryl methyl sites for hydroxylation is 1. The molecule has 0 saturated carbocycles. The molecular weight excluding hydrogens is 302 g/mol. The molecule has 0 atom stereocenters. The predicted octanol–water partition coefficient (Wildman–Crippen LogP) is 5.02. The van der Waals surface area contributed by atoms with Gasteiger partial charge in [-0.3, -0.25) is 4.79 Å². The Morgan fingerprint density at radius 1 is 0.957 bits per heavy atom. The highest BCUT2D eigenvalue weighted by molar-refractivity contribution is 7.99. The number of hydrogen-bond acceptors (Lipinski definition) is 2. The molecule has 116 valence electrons. The molecule has 3 heteroatoms. The fourth-order valence-corrected chi connectivity index (χ4v) is 3.40. The number of nitrogens with one attached hydrogen (secondary N) is 1. The molecule has 0 fully saturated rings. The first-order valence-electron chi connectivity index (χ1n) is 7.64. The zero-order chi connectivity index (χ0) is 16.1. The minimum atomic E-state index is 0.0459. The highest BCUT2D eigenvalue weighted by atomic mass is 32.2. The standard InChI is InChI=1S/C20H19NOS/c1-15-7-2-5-12-19(15)21-20(22)14-23-13-17-10-6-9-16-8-3-4-11-18(16)17/h2-12H,13-14H2,1H3,(H,21,22). The van der Waals surface area contributed by atoms with E-state index in [1.54, 1.807) is 11.8 Å². The molecule has 3 rings (SSSR count). The lowest BCUT2D eigenvalue weighted by atomic mass is 10.1. The summed E-state index contributed by atoms with van der Waals surface area (Å²) in [6.45, 7) is 2.00. The van der Waals surface area contributed by atoms with Crippen molar-refractivity contribution in [3.63, 3.8) is 0 Å². The predicted molar refractivity (Wildman–Crippen MR) is 99.9 cm³/mol. The van der Waals surface area contributed by atoms with Gasteiger partial charge in [0.15, 0.2) is 0 Å². The lowest BCUT2D eigenvalue weighted by Crippen LogP contribution is -2.14. The fourth-order valence-electron chi connectivity index (χ4n) is 2.57. The van der Waals surface area contributed by atoms with Crippen LogP contribution in [0.2, 0.25) is 0 Å². The second kappa shape index (κ2) is 7.34. The summed E-state index contributed by atoms with van der Waals surface area (Å²) >= 11 is 1.64. The van der Waals surface area contributed by atoms with Crippen molar-refractivity contribution in [3.8, 4) is 0 Å². The van der Waals surface area contributed by atoms with Crippen LogP contribution < -0.4 is 5.32 Å². The first-order chi connectivity index (χ1) is 11.2. The Kier molecular flexibility index (Phi) is 4.99. The van der Waals surface area contributed by atoms with Gasteiger partial charge >= 0.3 is 0 Å². The van der Waals surface area contributed by atoms with Crippen LogP contribution in [0.3, 0.4) is 0 Å². The van der Waals surface area contributed by atoms with E-state index >= 15 is 0 Å². The number of amides is 1. The maximum atomic E-state index is 12.1. The number of para-hydroxylation sites is 1. The zero-order valence-electron chi connectivity index (χ0n) is 13.1. The van der Waals surface area contributed by atoms with E-state index in [0.717, 1.165) is 17.0 Å². The summed E-state index contributed by atoms with van der Waals surface area (Å²) in [5.74, 6) is 1.34. The Morgan fingerprint density at radius 2 is 1.70 bits per heavy atom. The molecule has 0 aromatic heterocycles. The van der Waals surface area contributed by atoms with E-state index in [2.05, 4.69) is 47.8 Å². The summed E-state index contributed by atoms with van der Waals surface area (Å²) in [5, 5.41) is 5.48. The van der Waals surface area contributed by atoms with Gasteiger partial charge in [0.1, 0.15) is 0 Å². The van der Waals surface area contributed by atoms with Gasteiger partial charge in [0.2, 0.25) is 5.91 Å². The zero-order valence-corrected chi connectivity index (χ0v) is 13.9. The van der Waals surface area contributed by atoms with Crippen LogP contribution in [0.4, 0.5) is 5.69 Å². The van der Waals surface area contributed by atoms with Crippen molar-refractivity contribution in [2.75, 3.05) is 11.1 Å². The van der Waals surface area contributed by atoms with Gasteiger partial charge in [-0.15, -0.1) is 11.8 Å². The first-order valence-corrected chi connectivity index (χ1v) is 8.79. The Bertz CT molecular complexity index is 823. The van der Waals surface area contributed by atoms with E-state index in [0.29, 0.717) is 5.75 Å². The first kappa shape index (κ1) is 15.6. The second-order valence-corrected chi connectivity index (χ2v) is 6.48. The Hall–Kier alpha value is -2.26. The molecular formula is C20H19NOS. The fraction of sp³-hybridized carbons (Fsp3) is 0.150. The quantitative estimate of drug-likeness (QED) is 0.715.